The van der Waals surface area contributed by atoms with Crippen molar-refractivity contribution in [2.24, 2.45) is 5.92 Å². The second-order valence-electron chi connectivity index (χ2n) is 6.37. The van der Waals surface area contributed by atoms with Gasteiger partial charge in [-0.1, -0.05) is 0 Å². The zero-order valence-corrected chi connectivity index (χ0v) is 12.6. The Morgan fingerprint density at radius 2 is 2.26 bits per heavy atom. The minimum absolute atomic E-state index is 0.440. The Hall–Kier alpha value is -2.65. The molecule has 6 heteroatoms. The van der Waals surface area contributed by atoms with E-state index in [0.29, 0.717) is 11.7 Å². The molecule has 2 saturated heterocycles. The normalized spacial score (nSPS) is 23.5. The lowest BCUT2D eigenvalue weighted by Crippen LogP contribution is -2.34. The number of H-pyrrole nitrogens is 1. The lowest BCUT2D eigenvalue weighted by Gasteiger charge is -2.26. The molecule has 114 valence electrons. The minimum Gasteiger partial charge on any atom is -0.366 e. The fourth-order valence-electron chi connectivity index (χ4n) is 4.15. The average Bonchev–Trinajstić information content (AvgIpc) is 3.27. The molecule has 5 heterocycles. The zero-order chi connectivity index (χ0) is 15.4. The Balaban J connectivity index is 1.76. The molecule has 6 nitrogen and oxygen atoms in total. The maximum Gasteiger partial charge on any atom is 0.141 e. The number of pyridine rings is 2. The summed E-state index contributed by atoms with van der Waals surface area (Å²) in [5.74, 6) is 0.736. The number of fused-ring (bicyclic) bond motifs is 4. The summed E-state index contributed by atoms with van der Waals surface area (Å²) in [6.45, 7) is 3.24. The van der Waals surface area contributed by atoms with E-state index in [1.54, 1.807) is 6.20 Å². The molecule has 2 aliphatic heterocycles. The molecule has 2 unspecified atom stereocenters. The number of hydrogen-bond donors (Lipinski definition) is 2. The minimum atomic E-state index is 0.440. The topological polar surface area (TPSA) is 80.6 Å². The standard InChI is InChI=1S/C17H16N6/c18-6-11-5-12-13(8-21-11)22-17-16(12)14(1-3-20-17)23-4-2-10-7-19-9-15(10)23/h1,3,5,8,10,15,19H,2,4,7,9H2,(H,20,22). The number of hydrogen-bond acceptors (Lipinski definition) is 5. The molecular weight excluding hydrogens is 288 g/mol. The highest BCUT2D eigenvalue weighted by molar-refractivity contribution is 6.12. The number of nitrogens with zero attached hydrogens (tertiary/aromatic N) is 4. The fraction of sp³-hybridized carbons (Fsp3) is 0.353. The predicted octanol–water partition coefficient (Wildman–Crippen LogP) is 1.78. The molecule has 0 bridgehead atoms. The van der Waals surface area contributed by atoms with Crippen LogP contribution in [-0.4, -0.2) is 40.6 Å². The molecule has 0 aromatic carbocycles. The molecule has 2 atom stereocenters. The Kier molecular flexibility index (Phi) is 2.61. The largest absolute Gasteiger partial charge is 0.366 e. The molecule has 2 fully saturated rings. The number of rotatable bonds is 1. The summed E-state index contributed by atoms with van der Waals surface area (Å²) in [7, 11) is 0. The quantitative estimate of drug-likeness (QED) is 0.716. The van der Waals surface area contributed by atoms with Crippen LogP contribution in [0, 0.1) is 17.2 Å². The Labute approximate surface area is 133 Å². The third-order valence-electron chi connectivity index (χ3n) is 5.22. The van der Waals surface area contributed by atoms with Crippen LogP contribution in [0.25, 0.3) is 21.9 Å². The predicted molar refractivity (Wildman–Crippen MR) is 88.2 cm³/mol. The van der Waals surface area contributed by atoms with Gasteiger partial charge in [0.25, 0.3) is 0 Å². The number of aromatic nitrogens is 3. The van der Waals surface area contributed by atoms with Crippen molar-refractivity contribution in [1.82, 2.24) is 20.3 Å². The molecule has 0 saturated carbocycles. The highest BCUT2D eigenvalue weighted by atomic mass is 15.2. The Morgan fingerprint density at radius 3 is 3.17 bits per heavy atom. The van der Waals surface area contributed by atoms with Gasteiger partial charge in [0.2, 0.25) is 0 Å². The third kappa shape index (κ3) is 1.77. The van der Waals surface area contributed by atoms with E-state index < -0.39 is 0 Å². The zero-order valence-electron chi connectivity index (χ0n) is 12.6. The number of anilines is 1. The van der Waals surface area contributed by atoms with Crippen molar-refractivity contribution in [3.63, 3.8) is 0 Å². The first-order valence-corrected chi connectivity index (χ1v) is 7.99. The highest BCUT2D eigenvalue weighted by Gasteiger charge is 2.38. The number of nitriles is 1. The van der Waals surface area contributed by atoms with Gasteiger partial charge >= 0.3 is 0 Å². The van der Waals surface area contributed by atoms with E-state index in [0.717, 1.165) is 47.5 Å². The molecule has 5 rings (SSSR count). The van der Waals surface area contributed by atoms with Crippen LogP contribution < -0.4 is 10.2 Å². The van der Waals surface area contributed by atoms with Crippen molar-refractivity contribution in [3.05, 3.63) is 30.2 Å². The maximum atomic E-state index is 9.15. The van der Waals surface area contributed by atoms with Crippen LogP contribution in [0.4, 0.5) is 5.69 Å². The van der Waals surface area contributed by atoms with Crippen LogP contribution >= 0.6 is 0 Å². The van der Waals surface area contributed by atoms with Gasteiger partial charge in [0, 0.05) is 37.3 Å². The van der Waals surface area contributed by atoms with Gasteiger partial charge in [-0.05, 0) is 24.5 Å². The lowest BCUT2D eigenvalue weighted by molar-refractivity contribution is 0.579. The average molecular weight is 304 g/mol. The molecular formula is C17H16N6. The highest BCUT2D eigenvalue weighted by Crippen LogP contribution is 2.38. The first kappa shape index (κ1) is 12.9. The van der Waals surface area contributed by atoms with Gasteiger partial charge < -0.3 is 15.2 Å². The third-order valence-corrected chi connectivity index (χ3v) is 5.22. The first-order chi connectivity index (χ1) is 11.3. The molecule has 3 aromatic rings. The van der Waals surface area contributed by atoms with Crippen molar-refractivity contribution < 1.29 is 0 Å². The van der Waals surface area contributed by atoms with Crippen LogP contribution in [0.1, 0.15) is 12.1 Å². The van der Waals surface area contributed by atoms with Crippen molar-refractivity contribution in [2.75, 3.05) is 24.5 Å². The van der Waals surface area contributed by atoms with E-state index >= 15 is 0 Å². The molecule has 0 aliphatic carbocycles. The van der Waals surface area contributed by atoms with E-state index in [2.05, 4.69) is 37.3 Å². The molecule has 23 heavy (non-hydrogen) atoms. The van der Waals surface area contributed by atoms with Crippen LogP contribution in [0.5, 0.6) is 0 Å². The van der Waals surface area contributed by atoms with Crippen molar-refractivity contribution >= 4 is 27.6 Å². The van der Waals surface area contributed by atoms with Crippen LogP contribution in [0.15, 0.2) is 24.5 Å². The summed E-state index contributed by atoms with van der Waals surface area (Å²) >= 11 is 0. The van der Waals surface area contributed by atoms with E-state index in [1.165, 1.54) is 12.1 Å². The van der Waals surface area contributed by atoms with E-state index in [9.17, 15) is 0 Å². The van der Waals surface area contributed by atoms with Gasteiger partial charge in [-0.15, -0.1) is 0 Å². The SMILES string of the molecule is N#Cc1cc2c(cn1)[nH]c1nccc(N3CCC4CNCC43)c12. The van der Waals surface area contributed by atoms with Gasteiger partial charge in [-0.25, -0.2) is 9.97 Å². The molecule has 0 amide bonds. The number of nitrogens with one attached hydrogen (secondary N) is 2. The van der Waals surface area contributed by atoms with Gasteiger partial charge in [0.1, 0.15) is 17.4 Å². The molecule has 0 radical (unpaired) electrons. The van der Waals surface area contributed by atoms with E-state index in [-0.39, 0.29) is 0 Å². The van der Waals surface area contributed by atoms with Gasteiger partial charge in [-0.3, -0.25) is 0 Å². The summed E-state index contributed by atoms with van der Waals surface area (Å²) < 4.78 is 0. The van der Waals surface area contributed by atoms with Gasteiger partial charge in [0.15, 0.2) is 0 Å². The van der Waals surface area contributed by atoms with Gasteiger partial charge in [-0.2, -0.15) is 5.26 Å². The first-order valence-electron chi connectivity index (χ1n) is 7.99. The summed E-state index contributed by atoms with van der Waals surface area (Å²) in [5.41, 5.74) is 3.45. The van der Waals surface area contributed by atoms with E-state index in [1.807, 2.05) is 12.3 Å². The maximum absolute atomic E-state index is 9.15. The second kappa shape index (κ2) is 4.67. The van der Waals surface area contributed by atoms with Crippen molar-refractivity contribution in [2.45, 2.75) is 12.5 Å². The number of aromatic amines is 1. The fourth-order valence-corrected chi connectivity index (χ4v) is 4.15. The summed E-state index contributed by atoms with van der Waals surface area (Å²) in [6.07, 6.45) is 4.82. The van der Waals surface area contributed by atoms with Crippen molar-refractivity contribution in [1.29, 1.82) is 5.26 Å². The van der Waals surface area contributed by atoms with Crippen LogP contribution in [-0.2, 0) is 0 Å². The van der Waals surface area contributed by atoms with Gasteiger partial charge in [0.05, 0.1) is 22.8 Å². The smallest absolute Gasteiger partial charge is 0.141 e. The van der Waals surface area contributed by atoms with Crippen LogP contribution in [0.3, 0.4) is 0 Å². The molecule has 0 spiro atoms. The lowest BCUT2D eigenvalue weighted by atomic mass is 10.0. The molecule has 2 aliphatic rings. The Bertz CT molecular complexity index is 953. The van der Waals surface area contributed by atoms with E-state index in [4.69, 9.17) is 5.26 Å². The second-order valence-corrected chi connectivity index (χ2v) is 6.37. The monoisotopic (exact) mass is 304 g/mol. The molecule has 2 N–H and O–H groups in total. The van der Waals surface area contributed by atoms with Crippen molar-refractivity contribution in [3.8, 4) is 6.07 Å². The van der Waals surface area contributed by atoms with Crippen LogP contribution in [0.2, 0.25) is 0 Å². The summed E-state index contributed by atoms with van der Waals surface area (Å²) in [6, 6.07) is 6.65. The Morgan fingerprint density at radius 1 is 1.30 bits per heavy atom. The summed E-state index contributed by atoms with van der Waals surface area (Å²) in [4.78, 5) is 14.5. The molecule has 3 aromatic heterocycles. The summed E-state index contributed by atoms with van der Waals surface area (Å²) in [5, 5.41) is 14.8.